The van der Waals surface area contributed by atoms with Crippen molar-refractivity contribution < 1.29 is 4.52 Å². The van der Waals surface area contributed by atoms with Gasteiger partial charge in [0.25, 0.3) is 0 Å². The van der Waals surface area contributed by atoms with Crippen molar-refractivity contribution >= 4 is 11.8 Å². The van der Waals surface area contributed by atoms with Gasteiger partial charge in [0.2, 0.25) is 11.7 Å². The molecule has 0 bridgehead atoms. The summed E-state index contributed by atoms with van der Waals surface area (Å²) in [6.45, 7) is 0. The van der Waals surface area contributed by atoms with Gasteiger partial charge in [-0.15, -0.1) is 11.8 Å². The molecule has 4 aromatic rings. The summed E-state index contributed by atoms with van der Waals surface area (Å²) in [5.74, 6) is 1.94. The zero-order chi connectivity index (χ0) is 17.6. The van der Waals surface area contributed by atoms with Gasteiger partial charge in [-0.3, -0.25) is 0 Å². The summed E-state index contributed by atoms with van der Waals surface area (Å²) in [5.41, 5.74) is 3.51. The molecule has 0 aliphatic rings. The molecule has 0 atom stereocenters. The SMILES string of the molecule is c1ccc(-c2noc(CSC(c3ccccc3)c3ccccc3)n2)cc1. The number of rotatable bonds is 6. The van der Waals surface area contributed by atoms with Crippen molar-refractivity contribution in [1.82, 2.24) is 10.1 Å². The molecule has 3 nitrogen and oxygen atoms in total. The molecule has 1 aromatic heterocycles. The summed E-state index contributed by atoms with van der Waals surface area (Å²) in [4.78, 5) is 4.54. The highest BCUT2D eigenvalue weighted by molar-refractivity contribution is 7.98. The molecular formula is C22H18N2OS. The number of hydrogen-bond acceptors (Lipinski definition) is 4. The van der Waals surface area contributed by atoms with Crippen LogP contribution >= 0.6 is 11.8 Å². The Bertz CT molecular complexity index is 900. The smallest absolute Gasteiger partial charge is 0.236 e. The van der Waals surface area contributed by atoms with Gasteiger partial charge in [-0.05, 0) is 11.1 Å². The van der Waals surface area contributed by atoms with E-state index in [0.717, 1.165) is 5.56 Å². The quantitative estimate of drug-likeness (QED) is 0.439. The van der Waals surface area contributed by atoms with E-state index >= 15 is 0 Å². The molecular weight excluding hydrogens is 340 g/mol. The van der Waals surface area contributed by atoms with Crippen LogP contribution in [0.15, 0.2) is 95.5 Å². The Kier molecular flexibility index (Phi) is 5.12. The average molecular weight is 358 g/mol. The Hall–Kier alpha value is -2.85. The maximum Gasteiger partial charge on any atom is 0.236 e. The van der Waals surface area contributed by atoms with Gasteiger partial charge in [-0.25, -0.2) is 0 Å². The molecule has 0 N–H and O–H groups in total. The van der Waals surface area contributed by atoms with Crippen LogP contribution in [-0.4, -0.2) is 10.1 Å². The van der Waals surface area contributed by atoms with Gasteiger partial charge in [-0.1, -0.05) is 96.2 Å². The van der Waals surface area contributed by atoms with E-state index in [1.807, 2.05) is 42.5 Å². The third kappa shape index (κ3) is 3.86. The Labute approximate surface area is 157 Å². The Morgan fingerprint density at radius 2 is 1.27 bits per heavy atom. The highest BCUT2D eigenvalue weighted by atomic mass is 32.2. The van der Waals surface area contributed by atoms with E-state index in [2.05, 4.69) is 58.7 Å². The minimum atomic E-state index is 0.226. The summed E-state index contributed by atoms with van der Waals surface area (Å²) in [5, 5.41) is 4.34. The van der Waals surface area contributed by atoms with Crippen molar-refractivity contribution in [3.05, 3.63) is 108 Å². The Balaban J connectivity index is 1.53. The van der Waals surface area contributed by atoms with E-state index in [-0.39, 0.29) is 5.25 Å². The number of hydrogen-bond donors (Lipinski definition) is 0. The molecule has 26 heavy (non-hydrogen) atoms. The second-order valence-corrected chi connectivity index (χ2v) is 6.98. The molecule has 3 aromatic carbocycles. The van der Waals surface area contributed by atoms with Crippen LogP contribution in [0, 0.1) is 0 Å². The van der Waals surface area contributed by atoms with Gasteiger partial charge in [0.05, 0.1) is 11.0 Å². The molecule has 1 heterocycles. The highest BCUT2D eigenvalue weighted by Crippen LogP contribution is 2.37. The molecule has 0 radical (unpaired) electrons. The monoisotopic (exact) mass is 358 g/mol. The Morgan fingerprint density at radius 1 is 0.731 bits per heavy atom. The first-order valence-corrected chi connectivity index (χ1v) is 9.54. The van der Waals surface area contributed by atoms with Crippen molar-refractivity contribution in [2.75, 3.05) is 0 Å². The van der Waals surface area contributed by atoms with Gasteiger partial charge >= 0.3 is 0 Å². The number of benzene rings is 3. The van der Waals surface area contributed by atoms with Gasteiger partial charge in [0.1, 0.15) is 0 Å². The van der Waals surface area contributed by atoms with Crippen molar-refractivity contribution in [1.29, 1.82) is 0 Å². The van der Waals surface area contributed by atoms with Crippen molar-refractivity contribution in [2.24, 2.45) is 0 Å². The van der Waals surface area contributed by atoms with Crippen LogP contribution in [0.1, 0.15) is 22.3 Å². The van der Waals surface area contributed by atoms with E-state index in [9.17, 15) is 0 Å². The fraction of sp³-hybridized carbons (Fsp3) is 0.0909. The lowest BCUT2D eigenvalue weighted by Gasteiger charge is -2.16. The summed E-state index contributed by atoms with van der Waals surface area (Å²) in [6.07, 6.45) is 0. The van der Waals surface area contributed by atoms with Gasteiger partial charge in [-0.2, -0.15) is 4.98 Å². The summed E-state index contributed by atoms with van der Waals surface area (Å²) >= 11 is 1.79. The van der Waals surface area contributed by atoms with E-state index < -0.39 is 0 Å². The van der Waals surface area contributed by atoms with Crippen LogP contribution in [0.3, 0.4) is 0 Å². The molecule has 128 valence electrons. The maximum absolute atomic E-state index is 5.46. The van der Waals surface area contributed by atoms with Crippen LogP contribution in [0.5, 0.6) is 0 Å². The third-order valence-electron chi connectivity index (χ3n) is 4.08. The lowest BCUT2D eigenvalue weighted by Crippen LogP contribution is -1.97. The van der Waals surface area contributed by atoms with Crippen LogP contribution in [0.2, 0.25) is 0 Å². The standard InChI is InChI=1S/C22H18N2OS/c1-4-10-17(11-5-1)21(18-12-6-2-7-13-18)26-16-20-23-22(24-25-20)19-14-8-3-9-15-19/h1-15,21H,16H2. The predicted octanol–water partition coefficient (Wildman–Crippen LogP) is 5.76. The van der Waals surface area contributed by atoms with Crippen LogP contribution in [0.4, 0.5) is 0 Å². The Morgan fingerprint density at radius 3 is 1.85 bits per heavy atom. The number of aromatic nitrogens is 2. The first kappa shape index (κ1) is 16.6. The first-order chi connectivity index (χ1) is 12.9. The van der Waals surface area contributed by atoms with Crippen molar-refractivity contribution in [3.63, 3.8) is 0 Å². The molecule has 4 heteroatoms. The molecule has 0 spiro atoms. The topological polar surface area (TPSA) is 38.9 Å². The van der Waals surface area contributed by atoms with Crippen molar-refractivity contribution in [3.8, 4) is 11.4 Å². The van der Waals surface area contributed by atoms with Crippen LogP contribution in [0.25, 0.3) is 11.4 Å². The van der Waals surface area contributed by atoms with Crippen LogP contribution < -0.4 is 0 Å². The number of thioether (sulfide) groups is 1. The van der Waals surface area contributed by atoms with Crippen LogP contribution in [-0.2, 0) is 5.75 Å². The minimum absolute atomic E-state index is 0.226. The first-order valence-electron chi connectivity index (χ1n) is 8.49. The zero-order valence-electron chi connectivity index (χ0n) is 14.2. The highest BCUT2D eigenvalue weighted by Gasteiger charge is 2.17. The second-order valence-electron chi connectivity index (χ2n) is 5.89. The lowest BCUT2D eigenvalue weighted by molar-refractivity contribution is 0.391. The molecule has 0 unspecified atom stereocenters. The molecule has 0 amide bonds. The molecule has 0 saturated carbocycles. The zero-order valence-corrected chi connectivity index (χ0v) is 15.0. The van der Waals surface area contributed by atoms with E-state index in [4.69, 9.17) is 4.52 Å². The number of nitrogens with zero attached hydrogens (tertiary/aromatic N) is 2. The maximum atomic E-state index is 5.46. The predicted molar refractivity (Wildman–Crippen MR) is 106 cm³/mol. The average Bonchev–Trinajstić information content (AvgIpc) is 3.20. The minimum Gasteiger partial charge on any atom is -0.338 e. The van der Waals surface area contributed by atoms with E-state index in [1.54, 1.807) is 11.8 Å². The molecule has 0 aliphatic heterocycles. The largest absolute Gasteiger partial charge is 0.338 e. The molecule has 0 aliphatic carbocycles. The normalized spacial score (nSPS) is 11.0. The van der Waals surface area contributed by atoms with Gasteiger partial charge in [0, 0.05) is 5.56 Å². The van der Waals surface area contributed by atoms with E-state index in [1.165, 1.54) is 11.1 Å². The molecule has 4 rings (SSSR count). The summed E-state index contributed by atoms with van der Waals surface area (Å²) in [7, 11) is 0. The summed E-state index contributed by atoms with van der Waals surface area (Å²) in [6, 6.07) is 30.9. The summed E-state index contributed by atoms with van der Waals surface area (Å²) < 4.78 is 5.46. The van der Waals surface area contributed by atoms with Gasteiger partial charge < -0.3 is 4.52 Å². The lowest BCUT2D eigenvalue weighted by atomic mass is 10.0. The van der Waals surface area contributed by atoms with Crippen molar-refractivity contribution in [2.45, 2.75) is 11.0 Å². The fourth-order valence-electron chi connectivity index (χ4n) is 2.81. The van der Waals surface area contributed by atoms with Gasteiger partial charge in [0.15, 0.2) is 0 Å². The third-order valence-corrected chi connectivity index (χ3v) is 5.37. The fourth-order valence-corrected chi connectivity index (χ4v) is 3.94. The molecule has 0 fully saturated rings. The second kappa shape index (κ2) is 8.02. The molecule has 0 saturated heterocycles. The van der Waals surface area contributed by atoms with E-state index in [0.29, 0.717) is 17.5 Å².